The van der Waals surface area contributed by atoms with Gasteiger partial charge in [-0.25, -0.2) is 0 Å². The minimum Gasteiger partial charge on any atom is -0.394 e. The summed E-state index contributed by atoms with van der Waals surface area (Å²) in [5.74, 6) is 0. The van der Waals surface area contributed by atoms with Gasteiger partial charge in [-0.3, -0.25) is 0 Å². The van der Waals surface area contributed by atoms with Crippen LogP contribution in [0.15, 0.2) is 36.6 Å². The Morgan fingerprint density at radius 2 is 2.00 bits per heavy atom. The standard InChI is InChI=1S/C18H23BF2N2/c1-4-5-6-7-8-9-16-10-11-17-13-18-14(2)12-15(3)22(18)19(20,21)23(16)17/h4,10-13H,1,5-9H2,2-3H3. The summed E-state index contributed by atoms with van der Waals surface area (Å²) >= 11 is 0. The molecule has 0 aromatic carbocycles. The Morgan fingerprint density at radius 1 is 1.22 bits per heavy atom. The molecule has 2 nitrogen and oxygen atoms in total. The maximum atomic E-state index is 15.1. The normalized spacial score (nSPS) is 18.0. The molecule has 0 spiro atoms. The number of rotatable bonds is 6. The maximum Gasteiger partial charge on any atom is 0.737 e. The molecule has 2 aliphatic rings. The lowest BCUT2D eigenvalue weighted by Gasteiger charge is -2.30. The Kier molecular flexibility index (Phi) is 4.13. The molecule has 3 rings (SSSR count). The Morgan fingerprint density at radius 3 is 2.74 bits per heavy atom. The van der Waals surface area contributed by atoms with Crippen LogP contribution in [0, 0.1) is 13.8 Å². The van der Waals surface area contributed by atoms with E-state index in [1.807, 2.05) is 37.3 Å². The quantitative estimate of drug-likeness (QED) is 0.403. The second-order valence-electron chi connectivity index (χ2n) is 6.46. The maximum absolute atomic E-state index is 15.1. The lowest BCUT2D eigenvalue weighted by atomic mass is 9.90. The van der Waals surface area contributed by atoms with Crippen molar-refractivity contribution in [2.75, 3.05) is 0 Å². The number of unbranched alkanes of at least 4 members (excludes halogenated alkanes) is 3. The molecular formula is C18H23BF2N2. The zero-order chi connectivity index (χ0) is 16.6. The van der Waals surface area contributed by atoms with Crippen LogP contribution in [0.1, 0.15) is 49.1 Å². The van der Waals surface area contributed by atoms with Crippen molar-refractivity contribution in [1.82, 2.24) is 4.48 Å². The van der Waals surface area contributed by atoms with Crippen LogP contribution >= 0.6 is 0 Å². The predicted molar refractivity (Wildman–Crippen MR) is 92.9 cm³/mol. The average molecular weight is 316 g/mol. The number of nitrogens with zero attached hydrogens (tertiary/aromatic N) is 2. The number of aromatic nitrogens is 1. The Labute approximate surface area is 136 Å². The van der Waals surface area contributed by atoms with Gasteiger partial charge < -0.3 is 17.6 Å². The largest absolute Gasteiger partial charge is 0.737 e. The fraction of sp³-hybridized carbons (Fsp3) is 0.389. The van der Waals surface area contributed by atoms with Gasteiger partial charge in [0.2, 0.25) is 0 Å². The third-order valence-electron chi connectivity index (χ3n) is 4.75. The fourth-order valence-corrected chi connectivity index (χ4v) is 3.67. The van der Waals surface area contributed by atoms with Gasteiger partial charge in [0.05, 0.1) is 0 Å². The lowest BCUT2D eigenvalue weighted by Crippen LogP contribution is -2.50. The predicted octanol–water partition coefficient (Wildman–Crippen LogP) is 4.84. The molecule has 0 aliphatic carbocycles. The first-order valence-electron chi connectivity index (χ1n) is 8.33. The number of aryl methyl sites for hydroxylation is 2. The van der Waals surface area contributed by atoms with Crippen molar-refractivity contribution in [1.29, 1.82) is 0 Å². The van der Waals surface area contributed by atoms with Crippen LogP contribution in [-0.4, -0.2) is 21.6 Å². The van der Waals surface area contributed by atoms with Crippen molar-refractivity contribution in [3.8, 4) is 0 Å². The van der Waals surface area contributed by atoms with Crippen molar-refractivity contribution < 1.29 is 13.1 Å². The van der Waals surface area contributed by atoms with Crippen molar-refractivity contribution >= 4 is 18.8 Å². The summed E-state index contributed by atoms with van der Waals surface area (Å²) in [6, 6.07) is 1.84. The molecule has 0 amide bonds. The lowest BCUT2D eigenvalue weighted by molar-refractivity contribution is -0.362. The molecule has 1 aromatic heterocycles. The summed E-state index contributed by atoms with van der Waals surface area (Å²) in [6.07, 6.45) is 12.2. The number of hydrogen-bond acceptors (Lipinski definition) is 0. The number of halogens is 2. The van der Waals surface area contributed by atoms with Gasteiger partial charge in [0.1, 0.15) is 5.71 Å². The minimum absolute atomic E-state index is 0.616. The van der Waals surface area contributed by atoms with E-state index in [1.54, 1.807) is 6.92 Å². The third-order valence-corrected chi connectivity index (χ3v) is 4.75. The molecule has 1 aromatic rings. The molecule has 0 saturated carbocycles. The fourth-order valence-electron chi connectivity index (χ4n) is 3.67. The van der Waals surface area contributed by atoms with E-state index in [4.69, 9.17) is 0 Å². The van der Waals surface area contributed by atoms with E-state index < -0.39 is 6.97 Å². The molecule has 0 unspecified atom stereocenters. The van der Waals surface area contributed by atoms with Gasteiger partial charge in [-0.1, -0.05) is 12.5 Å². The van der Waals surface area contributed by atoms with Crippen LogP contribution in [0.2, 0.25) is 0 Å². The van der Waals surface area contributed by atoms with Crippen molar-refractivity contribution in [2.45, 2.75) is 46.0 Å². The highest BCUT2D eigenvalue weighted by Gasteiger charge is 2.52. The van der Waals surface area contributed by atoms with E-state index in [9.17, 15) is 0 Å². The van der Waals surface area contributed by atoms with E-state index in [1.165, 1.54) is 8.96 Å². The van der Waals surface area contributed by atoms with Gasteiger partial charge in [0, 0.05) is 30.3 Å². The molecule has 5 heteroatoms. The van der Waals surface area contributed by atoms with E-state index in [0.29, 0.717) is 23.5 Å². The van der Waals surface area contributed by atoms with Crippen molar-refractivity contribution in [3.05, 3.63) is 53.5 Å². The summed E-state index contributed by atoms with van der Waals surface area (Å²) in [5, 5.41) is 0. The van der Waals surface area contributed by atoms with E-state index in [2.05, 4.69) is 6.58 Å². The molecule has 0 radical (unpaired) electrons. The molecule has 0 saturated heterocycles. The SMILES string of the molecule is C=CCCCCCC1=[N+]2C(=Cc3c(C)cc(C)n3[B-]2(F)F)C=C1. The summed E-state index contributed by atoms with van der Waals surface area (Å²) in [4.78, 5) is 0. The monoisotopic (exact) mass is 316 g/mol. The van der Waals surface area contributed by atoms with Gasteiger partial charge in [0.15, 0.2) is 5.70 Å². The molecule has 0 atom stereocenters. The highest BCUT2D eigenvalue weighted by molar-refractivity contribution is 6.58. The Balaban J connectivity index is 1.90. The summed E-state index contributed by atoms with van der Waals surface area (Å²) in [5.41, 5.74) is 3.51. The molecule has 0 bridgehead atoms. The highest BCUT2D eigenvalue weighted by atomic mass is 19.2. The van der Waals surface area contributed by atoms with E-state index >= 15 is 8.63 Å². The topological polar surface area (TPSA) is 7.94 Å². The van der Waals surface area contributed by atoms with Crippen molar-refractivity contribution in [2.24, 2.45) is 0 Å². The van der Waals surface area contributed by atoms with Crippen LogP contribution in [0.3, 0.4) is 0 Å². The summed E-state index contributed by atoms with van der Waals surface area (Å²) < 4.78 is 32.8. The van der Waals surface area contributed by atoms with Gasteiger partial charge in [0.25, 0.3) is 0 Å². The summed E-state index contributed by atoms with van der Waals surface area (Å²) in [7, 11) is 0. The van der Waals surface area contributed by atoms with E-state index in [0.717, 1.165) is 37.0 Å². The van der Waals surface area contributed by atoms with Crippen LogP contribution in [0.4, 0.5) is 8.63 Å². The number of hydrogen-bond donors (Lipinski definition) is 0. The highest BCUT2D eigenvalue weighted by Crippen LogP contribution is 2.34. The average Bonchev–Trinajstić information content (AvgIpc) is 3.02. The second-order valence-corrected chi connectivity index (χ2v) is 6.46. The smallest absolute Gasteiger partial charge is 0.394 e. The second kappa shape index (κ2) is 5.95. The van der Waals surface area contributed by atoms with E-state index in [-0.39, 0.29) is 0 Å². The first-order valence-corrected chi connectivity index (χ1v) is 8.33. The number of fused-ring (bicyclic) bond motifs is 2. The minimum atomic E-state index is -3.81. The molecule has 2 aliphatic heterocycles. The third kappa shape index (κ3) is 2.62. The van der Waals surface area contributed by atoms with Crippen molar-refractivity contribution in [3.63, 3.8) is 0 Å². The van der Waals surface area contributed by atoms with Gasteiger partial charge in [-0.05, 0) is 50.4 Å². The molecule has 3 heterocycles. The molecule has 0 fully saturated rings. The van der Waals surface area contributed by atoms with Crippen LogP contribution in [0.5, 0.6) is 0 Å². The summed E-state index contributed by atoms with van der Waals surface area (Å²) in [6.45, 7) is 3.55. The van der Waals surface area contributed by atoms with Gasteiger partial charge in [-0.2, -0.15) is 0 Å². The first kappa shape index (κ1) is 16.0. The zero-order valence-electron chi connectivity index (χ0n) is 13.9. The Bertz CT molecular complexity index is 738. The molecule has 122 valence electrons. The molecule has 0 N–H and O–H groups in total. The van der Waals surface area contributed by atoms with Crippen LogP contribution < -0.4 is 0 Å². The van der Waals surface area contributed by atoms with Gasteiger partial charge >= 0.3 is 6.97 Å². The van der Waals surface area contributed by atoms with Crippen LogP contribution in [0.25, 0.3) is 6.08 Å². The molecule has 23 heavy (non-hydrogen) atoms. The van der Waals surface area contributed by atoms with Gasteiger partial charge in [-0.15, -0.1) is 6.58 Å². The zero-order valence-corrected chi connectivity index (χ0v) is 13.9. The number of allylic oxidation sites excluding steroid dienone is 3. The Hall–Kier alpha value is -1.91. The molecular weight excluding hydrogens is 293 g/mol. The van der Waals surface area contributed by atoms with Crippen LogP contribution in [-0.2, 0) is 0 Å². The first-order chi connectivity index (χ1) is 11.0.